The molecule has 3 rings (SSSR count). The summed E-state index contributed by atoms with van der Waals surface area (Å²) in [6.45, 7) is 2.39. The number of nitrogens with zero attached hydrogens (tertiary/aromatic N) is 3. The summed E-state index contributed by atoms with van der Waals surface area (Å²) >= 11 is 6.05. The largest absolute Gasteiger partial charge is 0.319 e. The van der Waals surface area contributed by atoms with Crippen LogP contribution in [0.15, 0.2) is 54.6 Å². The van der Waals surface area contributed by atoms with Crippen LogP contribution in [0.25, 0.3) is 0 Å². The minimum atomic E-state index is -0.324. The molecule has 1 heterocycles. The summed E-state index contributed by atoms with van der Waals surface area (Å²) in [6.07, 6.45) is 0. The van der Waals surface area contributed by atoms with Crippen molar-refractivity contribution in [1.82, 2.24) is 15.0 Å². The molecule has 2 aromatic carbocycles. The first-order valence-corrected chi connectivity index (χ1v) is 7.53. The molecule has 6 heteroatoms. The van der Waals surface area contributed by atoms with Gasteiger partial charge in [-0.1, -0.05) is 59.3 Å². The van der Waals surface area contributed by atoms with Crippen LogP contribution < -0.4 is 5.32 Å². The molecule has 1 amide bonds. The number of para-hydroxylation sites is 1. The minimum Gasteiger partial charge on any atom is -0.319 e. The second-order valence-corrected chi connectivity index (χ2v) is 5.51. The summed E-state index contributed by atoms with van der Waals surface area (Å²) in [5, 5.41) is 11.3. The predicted molar refractivity (Wildman–Crippen MR) is 89.7 cm³/mol. The molecule has 3 aromatic rings. The summed E-state index contributed by atoms with van der Waals surface area (Å²) in [5.74, 6) is -0.324. The van der Waals surface area contributed by atoms with Crippen molar-refractivity contribution in [2.75, 3.05) is 5.32 Å². The fraction of sp³-hybridized carbons (Fsp3) is 0.118. The van der Waals surface area contributed by atoms with Gasteiger partial charge in [-0.05, 0) is 24.6 Å². The number of carbonyl (C=O) groups is 1. The van der Waals surface area contributed by atoms with Gasteiger partial charge >= 0.3 is 0 Å². The molecule has 116 valence electrons. The van der Waals surface area contributed by atoms with Crippen LogP contribution in [0.4, 0.5) is 5.69 Å². The molecule has 0 aliphatic rings. The van der Waals surface area contributed by atoms with E-state index >= 15 is 0 Å². The summed E-state index contributed by atoms with van der Waals surface area (Å²) in [6, 6.07) is 17.0. The third kappa shape index (κ3) is 3.40. The number of aromatic nitrogens is 3. The molecule has 1 aromatic heterocycles. The number of benzene rings is 2. The van der Waals surface area contributed by atoms with Crippen molar-refractivity contribution in [1.29, 1.82) is 0 Å². The van der Waals surface area contributed by atoms with Gasteiger partial charge in [0.15, 0.2) is 5.69 Å². The lowest BCUT2D eigenvalue weighted by atomic mass is 10.2. The zero-order valence-electron chi connectivity index (χ0n) is 12.5. The fourth-order valence-electron chi connectivity index (χ4n) is 2.22. The Morgan fingerprint density at radius 2 is 1.83 bits per heavy atom. The average molecular weight is 327 g/mol. The van der Waals surface area contributed by atoms with E-state index in [0.29, 0.717) is 28.6 Å². The minimum absolute atomic E-state index is 0.292. The summed E-state index contributed by atoms with van der Waals surface area (Å²) < 4.78 is 1.71. The van der Waals surface area contributed by atoms with E-state index in [2.05, 4.69) is 15.6 Å². The van der Waals surface area contributed by atoms with E-state index in [-0.39, 0.29) is 5.91 Å². The number of hydrogen-bond acceptors (Lipinski definition) is 3. The van der Waals surface area contributed by atoms with Crippen LogP contribution in [0.5, 0.6) is 0 Å². The molecule has 0 aliphatic carbocycles. The number of nitrogens with one attached hydrogen (secondary N) is 1. The normalized spacial score (nSPS) is 10.5. The van der Waals surface area contributed by atoms with Gasteiger partial charge in [-0.15, -0.1) is 5.10 Å². The molecule has 0 saturated heterocycles. The first kappa shape index (κ1) is 15.2. The maximum atomic E-state index is 12.4. The molecular weight excluding hydrogens is 312 g/mol. The Hall–Kier alpha value is -2.66. The van der Waals surface area contributed by atoms with E-state index in [0.717, 1.165) is 5.56 Å². The maximum Gasteiger partial charge on any atom is 0.278 e. The van der Waals surface area contributed by atoms with E-state index in [1.54, 1.807) is 28.9 Å². The van der Waals surface area contributed by atoms with Gasteiger partial charge in [0.1, 0.15) is 0 Å². The van der Waals surface area contributed by atoms with Crippen LogP contribution in [0.3, 0.4) is 0 Å². The zero-order chi connectivity index (χ0) is 16.2. The number of hydrogen-bond donors (Lipinski definition) is 1. The van der Waals surface area contributed by atoms with Gasteiger partial charge in [0.25, 0.3) is 5.91 Å². The lowest BCUT2D eigenvalue weighted by Crippen LogP contribution is -2.14. The molecule has 0 atom stereocenters. The van der Waals surface area contributed by atoms with Crippen molar-refractivity contribution >= 4 is 23.2 Å². The molecule has 0 aliphatic heterocycles. The third-order valence-corrected chi connectivity index (χ3v) is 3.82. The van der Waals surface area contributed by atoms with Gasteiger partial charge in [-0.2, -0.15) is 0 Å². The summed E-state index contributed by atoms with van der Waals surface area (Å²) in [7, 11) is 0. The molecule has 5 nitrogen and oxygen atoms in total. The molecule has 0 unspecified atom stereocenters. The van der Waals surface area contributed by atoms with E-state index in [4.69, 9.17) is 11.6 Å². The van der Waals surface area contributed by atoms with Crippen molar-refractivity contribution in [2.45, 2.75) is 13.5 Å². The molecule has 0 fully saturated rings. The molecular formula is C17H15ClN4O. The summed E-state index contributed by atoms with van der Waals surface area (Å²) in [5.41, 5.74) is 2.65. The standard InChI is InChI=1S/C17H15ClN4O/c1-12-16(17(23)19-15-10-6-5-9-14(15)18)20-21-22(12)11-13-7-3-2-4-8-13/h2-10H,11H2,1H3,(H,19,23). The quantitative estimate of drug-likeness (QED) is 0.797. The van der Waals surface area contributed by atoms with E-state index in [9.17, 15) is 4.79 Å². The number of anilines is 1. The van der Waals surface area contributed by atoms with Crippen LogP contribution in [0, 0.1) is 6.92 Å². The fourth-order valence-corrected chi connectivity index (χ4v) is 2.40. The Labute approximate surface area is 138 Å². The van der Waals surface area contributed by atoms with Crippen molar-refractivity contribution in [3.8, 4) is 0 Å². The zero-order valence-corrected chi connectivity index (χ0v) is 13.3. The molecule has 0 radical (unpaired) electrons. The SMILES string of the molecule is Cc1c(C(=O)Nc2ccccc2Cl)nnn1Cc1ccccc1. The lowest BCUT2D eigenvalue weighted by Gasteiger charge is -2.06. The van der Waals surface area contributed by atoms with Crippen molar-refractivity contribution in [3.05, 3.63) is 76.6 Å². The second kappa shape index (κ2) is 6.62. The van der Waals surface area contributed by atoms with Gasteiger partial charge in [-0.25, -0.2) is 4.68 Å². The number of carbonyl (C=O) groups excluding carboxylic acids is 1. The first-order chi connectivity index (χ1) is 11.1. The number of rotatable bonds is 4. The van der Waals surface area contributed by atoms with Crippen LogP contribution in [0.1, 0.15) is 21.7 Å². The lowest BCUT2D eigenvalue weighted by molar-refractivity contribution is 0.102. The Balaban J connectivity index is 1.79. The van der Waals surface area contributed by atoms with Gasteiger partial charge in [0, 0.05) is 0 Å². The van der Waals surface area contributed by atoms with Crippen LogP contribution in [-0.2, 0) is 6.54 Å². The second-order valence-electron chi connectivity index (χ2n) is 5.10. The highest BCUT2D eigenvalue weighted by atomic mass is 35.5. The van der Waals surface area contributed by atoms with Crippen molar-refractivity contribution in [2.24, 2.45) is 0 Å². The Kier molecular flexibility index (Phi) is 4.39. The smallest absolute Gasteiger partial charge is 0.278 e. The third-order valence-electron chi connectivity index (χ3n) is 3.49. The monoisotopic (exact) mass is 326 g/mol. The van der Waals surface area contributed by atoms with Crippen LogP contribution >= 0.6 is 11.6 Å². The predicted octanol–water partition coefficient (Wildman–Crippen LogP) is 3.54. The highest BCUT2D eigenvalue weighted by Gasteiger charge is 2.17. The van der Waals surface area contributed by atoms with E-state index in [1.807, 2.05) is 37.3 Å². The Morgan fingerprint density at radius 3 is 2.57 bits per heavy atom. The molecule has 0 spiro atoms. The molecule has 0 saturated carbocycles. The van der Waals surface area contributed by atoms with Gasteiger partial charge in [0.2, 0.25) is 0 Å². The van der Waals surface area contributed by atoms with Gasteiger partial charge in [0.05, 0.1) is 22.9 Å². The number of amides is 1. The average Bonchev–Trinajstić information content (AvgIpc) is 2.92. The van der Waals surface area contributed by atoms with Crippen LogP contribution in [0.2, 0.25) is 5.02 Å². The first-order valence-electron chi connectivity index (χ1n) is 7.15. The Morgan fingerprint density at radius 1 is 1.13 bits per heavy atom. The van der Waals surface area contributed by atoms with Crippen molar-refractivity contribution < 1.29 is 4.79 Å². The highest BCUT2D eigenvalue weighted by molar-refractivity contribution is 6.33. The van der Waals surface area contributed by atoms with Gasteiger partial charge < -0.3 is 5.32 Å². The molecule has 23 heavy (non-hydrogen) atoms. The number of halogens is 1. The molecule has 1 N–H and O–H groups in total. The molecule has 0 bridgehead atoms. The Bertz CT molecular complexity index is 830. The maximum absolute atomic E-state index is 12.4. The summed E-state index contributed by atoms with van der Waals surface area (Å²) in [4.78, 5) is 12.4. The van der Waals surface area contributed by atoms with Crippen LogP contribution in [-0.4, -0.2) is 20.9 Å². The van der Waals surface area contributed by atoms with E-state index < -0.39 is 0 Å². The highest BCUT2D eigenvalue weighted by Crippen LogP contribution is 2.21. The van der Waals surface area contributed by atoms with Gasteiger partial charge in [-0.3, -0.25) is 4.79 Å². The topological polar surface area (TPSA) is 59.8 Å². The van der Waals surface area contributed by atoms with E-state index in [1.165, 1.54) is 0 Å². The van der Waals surface area contributed by atoms with Crippen molar-refractivity contribution in [3.63, 3.8) is 0 Å².